The van der Waals surface area contributed by atoms with Gasteiger partial charge in [-0.1, -0.05) is 11.6 Å². The minimum atomic E-state index is -0.274. The van der Waals surface area contributed by atoms with Gasteiger partial charge in [-0.25, -0.2) is 4.39 Å². The van der Waals surface area contributed by atoms with Crippen molar-refractivity contribution < 1.29 is 4.39 Å². The van der Waals surface area contributed by atoms with E-state index in [-0.39, 0.29) is 5.82 Å². The molecular formula is C13H6BrClFIN2S. The smallest absolute Gasteiger partial charge is 0.182 e. The molecule has 1 N–H and O–H groups in total. The van der Waals surface area contributed by atoms with Crippen molar-refractivity contribution in [3.63, 3.8) is 0 Å². The normalized spacial score (nSPS) is 11.2. The van der Waals surface area contributed by atoms with Crippen LogP contribution in [0.15, 0.2) is 34.8 Å². The van der Waals surface area contributed by atoms with Gasteiger partial charge in [0.25, 0.3) is 0 Å². The van der Waals surface area contributed by atoms with Crippen LogP contribution in [0.25, 0.3) is 16.7 Å². The Morgan fingerprint density at radius 3 is 2.75 bits per heavy atom. The van der Waals surface area contributed by atoms with Gasteiger partial charge in [-0.3, -0.25) is 4.57 Å². The van der Waals surface area contributed by atoms with Crippen molar-refractivity contribution >= 4 is 73.4 Å². The Morgan fingerprint density at radius 1 is 1.30 bits per heavy atom. The van der Waals surface area contributed by atoms with Crippen molar-refractivity contribution in [3.8, 4) is 5.69 Å². The zero-order valence-electron chi connectivity index (χ0n) is 9.75. The third kappa shape index (κ3) is 2.43. The number of aromatic nitrogens is 2. The predicted octanol–water partition coefficient (Wildman–Crippen LogP) is 5.85. The van der Waals surface area contributed by atoms with Gasteiger partial charge in [0, 0.05) is 16.2 Å². The Labute approximate surface area is 146 Å². The first-order chi connectivity index (χ1) is 9.47. The lowest BCUT2D eigenvalue weighted by molar-refractivity contribution is 0.622. The SMILES string of the molecule is Fc1cc2c(cc1I)[nH]c(=S)n2-c1ccc(Br)c(Cl)c1. The van der Waals surface area contributed by atoms with E-state index >= 15 is 0 Å². The van der Waals surface area contributed by atoms with E-state index in [1.165, 1.54) is 6.07 Å². The van der Waals surface area contributed by atoms with Gasteiger partial charge < -0.3 is 4.98 Å². The van der Waals surface area contributed by atoms with E-state index in [4.69, 9.17) is 23.8 Å². The fraction of sp³-hybridized carbons (Fsp3) is 0. The van der Waals surface area contributed by atoms with Gasteiger partial charge in [-0.2, -0.15) is 0 Å². The number of aromatic amines is 1. The molecule has 0 fully saturated rings. The maximum absolute atomic E-state index is 13.8. The molecular weight excluding hydrogens is 477 g/mol. The Balaban J connectivity index is 2.35. The summed E-state index contributed by atoms with van der Waals surface area (Å²) in [5, 5.41) is 0.574. The van der Waals surface area contributed by atoms with Crippen LogP contribution in [-0.2, 0) is 0 Å². The topological polar surface area (TPSA) is 20.7 Å². The first-order valence-corrected chi connectivity index (χ1v) is 8.18. The van der Waals surface area contributed by atoms with E-state index < -0.39 is 0 Å². The maximum atomic E-state index is 13.8. The number of H-pyrrole nitrogens is 1. The minimum Gasteiger partial charge on any atom is -0.330 e. The highest BCUT2D eigenvalue weighted by Gasteiger charge is 2.11. The minimum absolute atomic E-state index is 0.274. The number of imidazole rings is 1. The Morgan fingerprint density at radius 2 is 2.05 bits per heavy atom. The Hall–Kier alpha value is -0.440. The molecule has 2 nitrogen and oxygen atoms in total. The summed E-state index contributed by atoms with van der Waals surface area (Å²) in [5.74, 6) is -0.274. The van der Waals surface area contributed by atoms with Crippen molar-refractivity contribution in [1.82, 2.24) is 9.55 Å². The van der Waals surface area contributed by atoms with Crippen LogP contribution < -0.4 is 0 Å². The first kappa shape index (κ1) is 14.5. The highest BCUT2D eigenvalue weighted by Crippen LogP contribution is 2.28. The average Bonchev–Trinajstić information content (AvgIpc) is 2.69. The average molecular weight is 484 g/mol. The summed E-state index contributed by atoms with van der Waals surface area (Å²) in [6.07, 6.45) is 0. The molecule has 0 spiro atoms. The highest BCUT2D eigenvalue weighted by atomic mass is 127. The lowest BCUT2D eigenvalue weighted by Gasteiger charge is -2.06. The maximum Gasteiger partial charge on any atom is 0.182 e. The van der Waals surface area contributed by atoms with Crippen LogP contribution in [0.4, 0.5) is 4.39 Å². The van der Waals surface area contributed by atoms with Gasteiger partial charge >= 0.3 is 0 Å². The van der Waals surface area contributed by atoms with E-state index in [1.54, 1.807) is 16.7 Å². The molecule has 3 rings (SSSR count). The van der Waals surface area contributed by atoms with Gasteiger partial charge in [0.1, 0.15) is 5.82 Å². The third-order valence-corrected chi connectivity index (χ3v) is 5.23. The van der Waals surface area contributed by atoms with Crippen molar-refractivity contribution in [2.75, 3.05) is 0 Å². The van der Waals surface area contributed by atoms with E-state index in [1.807, 2.05) is 34.7 Å². The molecule has 0 atom stereocenters. The molecule has 102 valence electrons. The van der Waals surface area contributed by atoms with Crippen LogP contribution in [0.2, 0.25) is 5.02 Å². The monoisotopic (exact) mass is 482 g/mol. The molecule has 20 heavy (non-hydrogen) atoms. The lowest BCUT2D eigenvalue weighted by Crippen LogP contribution is -1.94. The van der Waals surface area contributed by atoms with Gasteiger partial charge in [-0.05, 0) is 75.0 Å². The molecule has 3 aromatic rings. The number of benzene rings is 2. The Kier molecular flexibility index (Phi) is 3.91. The lowest BCUT2D eigenvalue weighted by atomic mass is 10.2. The van der Waals surface area contributed by atoms with Gasteiger partial charge in [0.05, 0.1) is 19.6 Å². The van der Waals surface area contributed by atoms with Crippen LogP contribution in [0.1, 0.15) is 0 Å². The van der Waals surface area contributed by atoms with Gasteiger partial charge in [0.2, 0.25) is 0 Å². The van der Waals surface area contributed by atoms with Crippen LogP contribution in [0.5, 0.6) is 0 Å². The number of hydrogen-bond acceptors (Lipinski definition) is 1. The summed E-state index contributed by atoms with van der Waals surface area (Å²) in [6.45, 7) is 0. The standard InChI is InChI=1S/C13H6BrClFIN2S/c14-7-2-1-6(3-8(7)15)19-12-4-9(16)10(17)5-11(12)18-13(19)20/h1-5H,(H,18,20). The number of rotatable bonds is 1. The summed E-state index contributed by atoms with van der Waals surface area (Å²) < 4.78 is 17.4. The molecule has 7 heteroatoms. The first-order valence-electron chi connectivity index (χ1n) is 5.52. The van der Waals surface area contributed by atoms with Crippen molar-refractivity contribution in [1.29, 1.82) is 0 Å². The third-order valence-electron chi connectivity index (χ3n) is 2.89. The molecule has 0 unspecified atom stereocenters. The summed E-state index contributed by atoms with van der Waals surface area (Å²) >= 11 is 16.7. The van der Waals surface area contributed by atoms with Crippen LogP contribution in [0.3, 0.4) is 0 Å². The summed E-state index contributed by atoms with van der Waals surface area (Å²) in [6, 6.07) is 8.69. The number of nitrogens with one attached hydrogen (secondary N) is 1. The molecule has 0 radical (unpaired) electrons. The van der Waals surface area contributed by atoms with Crippen LogP contribution >= 0.6 is 62.3 Å². The summed E-state index contributed by atoms with van der Waals surface area (Å²) in [7, 11) is 0. The number of nitrogens with zero attached hydrogens (tertiary/aromatic N) is 1. The molecule has 0 saturated heterocycles. The van der Waals surface area contributed by atoms with Gasteiger partial charge in [-0.15, -0.1) is 0 Å². The summed E-state index contributed by atoms with van der Waals surface area (Å²) in [4.78, 5) is 3.08. The zero-order chi connectivity index (χ0) is 14.4. The fourth-order valence-corrected chi connectivity index (χ4v) is 3.18. The van der Waals surface area contributed by atoms with E-state index in [2.05, 4.69) is 20.9 Å². The van der Waals surface area contributed by atoms with E-state index in [0.29, 0.717) is 18.9 Å². The van der Waals surface area contributed by atoms with Crippen molar-refractivity contribution in [3.05, 3.63) is 54.0 Å². The van der Waals surface area contributed by atoms with Crippen LogP contribution in [0, 0.1) is 14.2 Å². The molecule has 0 aliphatic rings. The predicted molar refractivity (Wildman–Crippen MR) is 93.8 cm³/mol. The van der Waals surface area contributed by atoms with Crippen molar-refractivity contribution in [2.45, 2.75) is 0 Å². The highest BCUT2D eigenvalue weighted by molar-refractivity contribution is 14.1. The molecule has 2 aromatic carbocycles. The molecule has 0 saturated carbocycles. The second-order valence-corrected chi connectivity index (χ2v) is 6.96. The van der Waals surface area contributed by atoms with E-state index in [9.17, 15) is 4.39 Å². The number of hydrogen-bond donors (Lipinski definition) is 1. The molecule has 0 aliphatic heterocycles. The molecule has 1 heterocycles. The molecule has 0 aliphatic carbocycles. The molecule has 0 bridgehead atoms. The zero-order valence-corrected chi connectivity index (χ0v) is 15.1. The second kappa shape index (κ2) is 5.40. The van der Waals surface area contributed by atoms with Crippen LogP contribution in [-0.4, -0.2) is 9.55 Å². The largest absolute Gasteiger partial charge is 0.330 e. The van der Waals surface area contributed by atoms with Gasteiger partial charge in [0.15, 0.2) is 4.77 Å². The summed E-state index contributed by atoms with van der Waals surface area (Å²) in [5.41, 5.74) is 2.27. The van der Waals surface area contributed by atoms with Crippen molar-refractivity contribution in [2.24, 2.45) is 0 Å². The Bertz CT molecular complexity index is 890. The molecule has 0 amide bonds. The second-order valence-electron chi connectivity index (χ2n) is 4.15. The van der Waals surface area contributed by atoms with E-state index in [0.717, 1.165) is 15.7 Å². The quantitative estimate of drug-likeness (QED) is 0.340. The molecule has 1 aromatic heterocycles. The fourth-order valence-electron chi connectivity index (χ4n) is 1.98. The number of halogens is 4. The number of fused-ring (bicyclic) bond motifs is 1.